The molecule has 0 bridgehead atoms. The summed E-state index contributed by atoms with van der Waals surface area (Å²) in [6.07, 6.45) is -0.256. The van der Waals surface area contributed by atoms with E-state index in [2.05, 4.69) is 39.2 Å². The number of ketones is 1. The van der Waals surface area contributed by atoms with Crippen molar-refractivity contribution in [3.05, 3.63) is 0 Å². The molecule has 0 aromatic carbocycles. The monoisotopic (exact) mass is 357 g/mol. The van der Waals surface area contributed by atoms with Crippen LogP contribution in [0.4, 0.5) is 0 Å². The summed E-state index contributed by atoms with van der Waals surface area (Å²) in [5.41, 5.74) is 0. The zero-order valence-electron chi connectivity index (χ0n) is 16.1. The van der Waals surface area contributed by atoms with Gasteiger partial charge < -0.3 is 14.5 Å². The van der Waals surface area contributed by atoms with Gasteiger partial charge in [-0.25, -0.2) is 0 Å². The van der Waals surface area contributed by atoms with Crippen LogP contribution in [0.2, 0.25) is 18.1 Å². The van der Waals surface area contributed by atoms with Gasteiger partial charge in [-0.1, -0.05) is 27.7 Å². The average Bonchev–Trinajstić information content (AvgIpc) is 2.38. The third-order valence-corrected chi connectivity index (χ3v) is 9.83. The van der Waals surface area contributed by atoms with Crippen molar-refractivity contribution in [3.63, 3.8) is 0 Å². The molecule has 1 aliphatic heterocycles. The van der Waals surface area contributed by atoms with Gasteiger partial charge in [-0.3, -0.25) is 14.4 Å². The van der Waals surface area contributed by atoms with Crippen LogP contribution >= 0.6 is 0 Å². The lowest BCUT2D eigenvalue weighted by Gasteiger charge is -2.46. The smallest absolute Gasteiger partial charge is 0.303 e. The van der Waals surface area contributed by atoms with Gasteiger partial charge in [0.1, 0.15) is 6.61 Å². The van der Waals surface area contributed by atoms with Gasteiger partial charge in [0.15, 0.2) is 14.1 Å². The standard InChI is InChI=1S/C17H31NO5Si/c1-10(13(20)9-22-12(3)19)15-14(16(21)18-15)11(2)23-24(7,8)17(4,5)6/h10-11,14-15H,9H2,1-8H3,(H,18,21)/t10?,11-,14-,15-/m1/s1. The zero-order chi connectivity index (χ0) is 18.9. The normalized spacial score (nSPS) is 23.8. The maximum absolute atomic E-state index is 12.1. The molecule has 0 saturated carbocycles. The summed E-state index contributed by atoms with van der Waals surface area (Å²) in [5, 5.41) is 2.85. The number of carbonyl (C=O) groups excluding carboxylic acids is 3. The van der Waals surface area contributed by atoms with E-state index in [0.717, 1.165) is 0 Å². The predicted molar refractivity (Wildman–Crippen MR) is 94.0 cm³/mol. The second-order valence-electron chi connectivity index (χ2n) is 8.18. The lowest BCUT2D eigenvalue weighted by atomic mass is 9.77. The maximum Gasteiger partial charge on any atom is 0.303 e. The number of β-lactam (4-membered cyclic amide) rings is 1. The lowest BCUT2D eigenvalue weighted by molar-refractivity contribution is -0.151. The summed E-state index contributed by atoms with van der Waals surface area (Å²) < 4.78 is 11.1. The molecule has 1 heterocycles. The summed E-state index contributed by atoms with van der Waals surface area (Å²) in [7, 11) is -2.00. The molecule has 1 saturated heterocycles. The second kappa shape index (κ2) is 7.35. The number of hydrogen-bond acceptors (Lipinski definition) is 5. The van der Waals surface area contributed by atoms with Crippen molar-refractivity contribution in [2.75, 3.05) is 6.61 Å². The lowest BCUT2D eigenvalue weighted by Crippen LogP contribution is -2.67. The Bertz CT molecular complexity index is 512. The molecule has 6 nitrogen and oxygen atoms in total. The Kier molecular flexibility index (Phi) is 6.38. The molecule has 1 amide bonds. The predicted octanol–water partition coefficient (Wildman–Crippen LogP) is 2.28. The van der Waals surface area contributed by atoms with Crippen LogP contribution in [0, 0.1) is 11.8 Å². The van der Waals surface area contributed by atoms with Gasteiger partial charge in [-0.15, -0.1) is 0 Å². The van der Waals surface area contributed by atoms with Gasteiger partial charge in [-0.05, 0) is 25.1 Å². The largest absolute Gasteiger partial charge is 0.458 e. The summed E-state index contributed by atoms with van der Waals surface area (Å²) in [4.78, 5) is 35.0. The average molecular weight is 358 g/mol. The highest BCUT2D eigenvalue weighted by molar-refractivity contribution is 6.74. The molecule has 7 heteroatoms. The first kappa shape index (κ1) is 20.8. The first-order chi connectivity index (χ1) is 10.8. The number of amides is 1. The van der Waals surface area contributed by atoms with Crippen LogP contribution < -0.4 is 5.32 Å². The van der Waals surface area contributed by atoms with Gasteiger partial charge in [0, 0.05) is 12.8 Å². The van der Waals surface area contributed by atoms with Crippen LogP contribution in [0.3, 0.4) is 0 Å². The molecular formula is C17H31NO5Si. The molecule has 0 spiro atoms. The van der Waals surface area contributed by atoms with E-state index in [1.807, 2.05) is 6.92 Å². The van der Waals surface area contributed by atoms with Crippen LogP contribution in [0.25, 0.3) is 0 Å². The highest BCUT2D eigenvalue weighted by Gasteiger charge is 2.50. The molecule has 1 rings (SSSR count). The van der Waals surface area contributed by atoms with E-state index < -0.39 is 20.2 Å². The molecule has 24 heavy (non-hydrogen) atoms. The summed E-state index contributed by atoms with van der Waals surface area (Å²) in [6.45, 7) is 15.4. The molecule has 0 aliphatic carbocycles. The number of carbonyl (C=O) groups is 3. The Morgan fingerprint density at radius 3 is 2.21 bits per heavy atom. The van der Waals surface area contributed by atoms with Gasteiger partial charge in [-0.2, -0.15) is 0 Å². The molecular weight excluding hydrogens is 326 g/mol. The van der Waals surface area contributed by atoms with Crippen molar-refractivity contribution in [1.82, 2.24) is 5.32 Å². The highest BCUT2D eigenvalue weighted by atomic mass is 28.4. The van der Waals surface area contributed by atoms with Crippen molar-refractivity contribution in [1.29, 1.82) is 0 Å². The fourth-order valence-electron chi connectivity index (χ4n) is 2.58. The molecule has 138 valence electrons. The highest BCUT2D eigenvalue weighted by Crippen LogP contribution is 2.39. The van der Waals surface area contributed by atoms with Crippen LogP contribution in [0.5, 0.6) is 0 Å². The minimum absolute atomic E-state index is 0.0493. The van der Waals surface area contributed by atoms with Crippen molar-refractivity contribution in [2.24, 2.45) is 11.8 Å². The van der Waals surface area contributed by atoms with Gasteiger partial charge in [0.25, 0.3) is 0 Å². The van der Waals surface area contributed by atoms with Crippen molar-refractivity contribution in [2.45, 2.75) is 71.8 Å². The molecule has 1 aliphatic rings. The topological polar surface area (TPSA) is 81.7 Å². The van der Waals surface area contributed by atoms with E-state index in [0.29, 0.717) is 0 Å². The molecule has 0 aromatic rings. The Morgan fingerprint density at radius 1 is 1.25 bits per heavy atom. The van der Waals surface area contributed by atoms with Crippen LogP contribution in [0.15, 0.2) is 0 Å². The Morgan fingerprint density at radius 2 is 1.79 bits per heavy atom. The van der Waals surface area contributed by atoms with Crippen LogP contribution in [-0.2, 0) is 23.5 Å². The number of esters is 1. The zero-order valence-corrected chi connectivity index (χ0v) is 17.1. The molecule has 1 unspecified atom stereocenters. The number of rotatable bonds is 7. The Labute approximate surface area is 145 Å². The molecule has 0 aromatic heterocycles. The fraction of sp³-hybridized carbons (Fsp3) is 0.824. The number of Topliss-reactive ketones (excluding diaryl/α,β-unsaturated/α-hetero) is 1. The minimum Gasteiger partial charge on any atom is -0.458 e. The van der Waals surface area contributed by atoms with E-state index >= 15 is 0 Å². The molecule has 0 radical (unpaired) electrons. The third kappa shape index (κ3) is 4.66. The van der Waals surface area contributed by atoms with Gasteiger partial charge in [0.2, 0.25) is 5.91 Å². The van der Waals surface area contributed by atoms with Crippen molar-refractivity contribution < 1.29 is 23.5 Å². The van der Waals surface area contributed by atoms with Gasteiger partial charge >= 0.3 is 5.97 Å². The Hall–Kier alpha value is -1.21. The van der Waals surface area contributed by atoms with E-state index in [-0.39, 0.29) is 41.4 Å². The number of hydrogen-bond donors (Lipinski definition) is 1. The second-order valence-corrected chi connectivity index (χ2v) is 12.9. The van der Waals surface area contributed by atoms with Crippen molar-refractivity contribution in [3.8, 4) is 0 Å². The fourth-order valence-corrected chi connectivity index (χ4v) is 4.01. The first-order valence-corrected chi connectivity index (χ1v) is 11.3. The summed E-state index contributed by atoms with van der Waals surface area (Å²) in [5.74, 6) is -1.54. The molecule has 1 N–H and O–H groups in total. The SMILES string of the molecule is CC(=O)OCC(=O)C(C)[C@H]1NC(=O)[C@@H]1[C@@H](C)O[Si](C)(C)C(C)(C)C. The first-order valence-electron chi connectivity index (χ1n) is 8.42. The number of ether oxygens (including phenoxy) is 1. The van der Waals surface area contributed by atoms with E-state index in [1.165, 1.54) is 6.92 Å². The van der Waals surface area contributed by atoms with Crippen LogP contribution in [-0.4, -0.2) is 44.7 Å². The van der Waals surface area contributed by atoms with Crippen LogP contribution in [0.1, 0.15) is 41.5 Å². The van der Waals surface area contributed by atoms with E-state index in [4.69, 9.17) is 9.16 Å². The summed E-state index contributed by atoms with van der Waals surface area (Å²) in [6, 6.07) is -0.277. The van der Waals surface area contributed by atoms with E-state index in [9.17, 15) is 14.4 Å². The van der Waals surface area contributed by atoms with E-state index in [1.54, 1.807) is 6.92 Å². The maximum atomic E-state index is 12.1. The quantitative estimate of drug-likeness (QED) is 0.429. The molecule has 4 atom stereocenters. The van der Waals surface area contributed by atoms with Crippen molar-refractivity contribution >= 4 is 26.0 Å². The summed E-state index contributed by atoms with van der Waals surface area (Å²) >= 11 is 0. The Balaban J connectivity index is 2.74. The van der Waals surface area contributed by atoms with Gasteiger partial charge in [0.05, 0.1) is 18.1 Å². The molecule has 1 fully saturated rings. The minimum atomic E-state index is -2.00. The number of nitrogens with one attached hydrogen (secondary N) is 1. The third-order valence-electron chi connectivity index (χ3n) is 5.26.